The fraction of sp³-hybridized carbons (Fsp3) is 0.0476. The summed E-state index contributed by atoms with van der Waals surface area (Å²) in [6.45, 7) is 0.264. The van der Waals surface area contributed by atoms with Crippen molar-refractivity contribution in [2.45, 2.75) is 6.61 Å². The number of carbonyl (C=O) groups is 1. The van der Waals surface area contributed by atoms with Crippen molar-refractivity contribution in [3.63, 3.8) is 0 Å². The van der Waals surface area contributed by atoms with E-state index in [9.17, 15) is 4.79 Å². The fourth-order valence-electron chi connectivity index (χ4n) is 2.25. The van der Waals surface area contributed by atoms with Gasteiger partial charge in [-0.1, -0.05) is 54.6 Å². The molecule has 0 N–H and O–H groups in total. The third-order valence-corrected chi connectivity index (χ3v) is 4.45. The van der Waals surface area contributed by atoms with Crippen LogP contribution in [0.2, 0.25) is 0 Å². The lowest BCUT2D eigenvalue weighted by atomic mass is 10.1. The van der Waals surface area contributed by atoms with E-state index in [1.165, 1.54) is 0 Å². The Bertz CT molecular complexity index is 891. The maximum Gasteiger partial charge on any atom is 0.338 e. The predicted molar refractivity (Wildman–Crippen MR) is 108 cm³/mol. The molecule has 124 valence electrons. The molecular weight excluding hydrogens is 425 g/mol. The molecule has 3 aromatic carbocycles. The van der Waals surface area contributed by atoms with Crippen molar-refractivity contribution in [2.24, 2.45) is 4.99 Å². The lowest BCUT2D eigenvalue weighted by Gasteiger charge is -2.05. The molecule has 0 saturated carbocycles. The van der Waals surface area contributed by atoms with Crippen molar-refractivity contribution in [3.05, 3.63) is 99.1 Å². The van der Waals surface area contributed by atoms with Crippen LogP contribution in [0.3, 0.4) is 0 Å². The molecule has 0 spiro atoms. The molecule has 3 rings (SSSR count). The third kappa shape index (κ3) is 5.00. The van der Waals surface area contributed by atoms with E-state index >= 15 is 0 Å². The number of nitrogens with zero attached hydrogens (tertiary/aromatic N) is 1. The number of aliphatic imine (C=N–C) groups is 1. The smallest absolute Gasteiger partial charge is 0.338 e. The number of rotatable bonds is 5. The molecule has 0 saturated heterocycles. The van der Waals surface area contributed by atoms with Gasteiger partial charge in [0.05, 0.1) is 11.3 Å². The van der Waals surface area contributed by atoms with Crippen LogP contribution in [0.1, 0.15) is 21.5 Å². The molecule has 0 amide bonds. The lowest BCUT2D eigenvalue weighted by molar-refractivity contribution is 0.0472. The molecule has 25 heavy (non-hydrogen) atoms. The normalized spacial score (nSPS) is 10.8. The molecule has 0 aliphatic rings. The first kappa shape index (κ1) is 17.4. The number of carbonyl (C=O) groups excluding carboxylic acids is 1. The first-order chi connectivity index (χ1) is 12.2. The molecule has 4 heteroatoms. The zero-order valence-corrected chi connectivity index (χ0v) is 15.6. The standard InChI is InChI=1S/C21H16INO2/c22-19-11-4-5-12-20(19)23-14-17-9-6-10-18(13-17)21(24)25-15-16-7-2-1-3-8-16/h1-14H,15H2. The number of ether oxygens (including phenoxy) is 1. The summed E-state index contributed by atoms with van der Waals surface area (Å²) in [7, 11) is 0. The molecule has 3 aromatic rings. The quantitative estimate of drug-likeness (QED) is 0.302. The van der Waals surface area contributed by atoms with E-state index in [0.29, 0.717) is 5.56 Å². The van der Waals surface area contributed by atoms with E-state index in [1.807, 2.05) is 66.7 Å². The van der Waals surface area contributed by atoms with E-state index in [-0.39, 0.29) is 12.6 Å². The van der Waals surface area contributed by atoms with Crippen LogP contribution in [0, 0.1) is 3.57 Å². The van der Waals surface area contributed by atoms with Crippen molar-refractivity contribution in [1.82, 2.24) is 0 Å². The number of benzene rings is 3. The average Bonchev–Trinajstić information content (AvgIpc) is 2.66. The molecule has 0 bridgehead atoms. The number of hydrogen-bond donors (Lipinski definition) is 0. The summed E-state index contributed by atoms with van der Waals surface area (Å²) in [4.78, 5) is 16.7. The number of esters is 1. The van der Waals surface area contributed by atoms with E-state index in [1.54, 1.807) is 18.3 Å². The van der Waals surface area contributed by atoms with Crippen LogP contribution in [-0.4, -0.2) is 12.2 Å². The minimum absolute atomic E-state index is 0.264. The SMILES string of the molecule is O=C(OCc1ccccc1)c1cccc(C=Nc2ccccc2I)c1. The number of hydrogen-bond acceptors (Lipinski definition) is 3. The predicted octanol–water partition coefficient (Wildman–Crippen LogP) is 5.40. The summed E-state index contributed by atoms with van der Waals surface area (Å²) in [5.41, 5.74) is 3.24. The Morgan fingerprint density at radius 1 is 0.960 bits per heavy atom. The van der Waals surface area contributed by atoms with Crippen LogP contribution in [0.25, 0.3) is 0 Å². The van der Waals surface area contributed by atoms with Gasteiger partial charge < -0.3 is 4.74 Å². The Morgan fingerprint density at radius 3 is 2.52 bits per heavy atom. The number of halogens is 1. The van der Waals surface area contributed by atoms with Gasteiger partial charge in [-0.2, -0.15) is 0 Å². The first-order valence-corrected chi connectivity index (χ1v) is 8.90. The third-order valence-electron chi connectivity index (χ3n) is 3.54. The average molecular weight is 441 g/mol. The maximum atomic E-state index is 12.2. The zero-order valence-electron chi connectivity index (χ0n) is 13.4. The molecule has 0 atom stereocenters. The van der Waals surface area contributed by atoms with E-state index in [4.69, 9.17) is 4.74 Å². The van der Waals surface area contributed by atoms with E-state index in [2.05, 4.69) is 27.6 Å². The molecule has 0 heterocycles. The van der Waals surface area contributed by atoms with Gasteiger partial charge in [-0.15, -0.1) is 0 Å². The Balaban J connectivity index is 1.68. The van der Waals surface area contributed by atoms with Gasteiger partial charge in [0.1, 0.15) is 6.61 Å². The first-order valence-electron chi connectivity index (χ1n) is 7.82. The second kappa shape index (κ2) is 8.58. The zero-order chi connectivity index (χ0) is 17.5. The molecular formula is C21H16INO2. The topological polar surface area (TPSA) is 38.7 Å². The highest BCUT2D eigenvalue weighted by atomic mass is 127. The molecule has 0 unspecified atom stereocenters. The number of para-hydroxylation sites is 1. The molecule has 0 aliphatic heterocycles. The summed E-state index contributed by atoms with van der Waals surface area (Å²) in [5, 5.41) is 0. The van der Waals surface area contributed by atoms with Crippen LogP contribution in [0.15, 0.2) is 83.9 Å². The highest BCUT2D eigenvalue weighted by molar-refractivity contribution is 14.1. The molecule has 0 fully saturated rings. The van der Waals surface area contributed by atoms with Crippen LogP contribution in [0.5, 0.6) is 0 Å². The minimum atomic E-state index is -0.339. The monoisotopic (exact) mass is 441 g/mol. The Morgan fingerprint density at radius 2 is 1.72 bits per heavy atom. The summed E-state index contributed by atoms with van der Waals surface area (Å²) >= 11 is 2.25. The molecule has 0 radical (unpaired) electrons. The second-order valence-electron chi connectivity index (χ2n) is 5.40. The van der Waals surface area contributed by atoms with Crippen LogP contribution in [0.4, 0.5) is 5.69 Å². The van der Waals surface area contributed by atoms with Gasteiger partial charge in [-0.25, -0.2) is 4.79 Å². The largest absolute Gasteiger partial charge is 0.457 e. The Hall–Kier alpha value is -2.47. The van der Waals surface area contributed by atoms with Gasteiger partial charge in [0.15, 0.2) is 0 Å². The highest BCUT2D eigenvalue weighted by Gasteiger charge is 2.07. The van der Waals surface area contributed by atoms with Crippen LogP contribution in [-0.2, 0) is 11.3 Å². The molecule has 0 aliphatic carbocycles. The van der Waals surface area contributed by atoms with Gasteiger partial charge in [-0.05, 0) is 58.0 Å². The summed E-state index contributed by atoms with van der Waals surface area (Å²) in [5.74, 6) is -0.339. The Labute approximate surface area is 160 Å². The summed E-state index contributed by atoms with van der Waals surface area (Å²) in [6, 6.07) is 24.8. The van der Waals surface area contributed by atoms with Crippen molar-refractivity contribution in [2.75, 3.05) is 0 Å². The second-order valence-corrected chi connectivity index (χ2v) is 6.56. The van der Waals surface area contributed by atoms with E-state index in [0.717, 1.165) is 20.4 Å². The lowest BCUT2D eigenvalue weighted by Crippen LogP contribution is -2.05. The van der Waals surface area contributed by atoms with E-state index < -0.39 is 0 Å². The van der Waals surface area contributed by atoms with Crippen molar-refractivity contribution in [3.8, 4) is 0 Å². The van der Waals surface area contributed by atoms with Gasteiger partial charge in [-0.3, -0.25) is 4.99 Å². The minimum Gasteiger partial charge on any atom is -0.457 e. The van der Waals surface area contributed by atoms with Crippen LogP contribution < -0.4 is 0 Å². The summed E-state index contributed by atoms with van der Waals surface area (Å²) < 4.78 is 6.44. The van der Waals surface area contributed by atoms with Crippen LogP contribution >= 0.6 is 22.6 Å². The van der Waals surface area contributed by atoms with Crippen molar-refractivity contribution >= 4 is 40.5 Å². The summed E-state index contributed by atoms with van der Waals surface area (Å²) in [6.07, 6.45) is 1.76. The Kier molecular flexibility index (Phi) is 5.95. The maximum absolute atomic E-state index is 12.2. The van der Waals surface area contributed by atoms with Gasteiger partial charge in [0.2, 0.25) is 0 Å². The van der Waals surface area contributed by atoms with Crippen molar-refractivity contribution < 1.29 is 9.53 Å². The fourth-order valence-corrected chi connectivity index (χ4v) is 2.78. The van der Waals surface area contributed by atoms with Gasteiger partial charge in [0, 0.05) is 9.78 Å². The van der Waals surface area contributed by atoms with Gasteiger partial charge in [0.25, 0.3) is 0 Å². The highest BCUT2D eigenvalue weighted by Crippen LogP contribution is 2.20. The van der Waals surface area contributed by atoms with Gasteiger partial charge >= 0.3 is 5.97 Å². The molecule has 0 aromatic heterocycles. The molecule has 3 nitrogen and oxygen atoms in total. The van der Waals surface area contributed by atoms with Crippen molar-refractivity contribution in [1.29, 1.82) is 0 Å².